The summed E-state index contributed by atoms with van der Waals surface area (Å²) in [6, 6.07) is 9.95. The number of allylic oxidation sites excluding steroid dienone is 1. The smallest absolute Gasteiger partial charge is 0.316 e. The van der Waals surface area contributed by atoms with Gasteiger partial charge in [-0.25, -0.2) is 0 Å². The van der Waals surface area contributed by atoms with Crippen LogP contribution >= 0.6 is 0 Å². The third-order valence-electron chi connectivity index (χ3n) is 13.2. The molecule has 8 atom stereocenters. The highest BCUT2D eigenvalue weighted by molar-refractivity contribution is 5.77. The van der Waals surface area contributed by atoms with Gasteiger partial charge in [-0.05, 0) is 98.2 Å². The third-order valence-corrected chi connectivity index (χ3v) is 13.2. The monoisotopic (exact) mass is 590 g/mol. The van der Waals surface area contributed by atoms with Crippen LogP contribution in [0.4, 0.5) is 0 Å². The molecule has 8 unspecified atom stereocenters. The van der Waals surface area contributed by atoms with Crippen LogP contribution in [0.25, 0.3) is 0 Å². The molecule has 0 N–H and O–H groups in total. The summed E-state index contributed by atoms with van der Waals surface area (Å²) in [7, 11) is 0. The quantitative estimate of drug-likeness (QED) is 0.223. The summed E-state index contributed by atoms with van der Waals surface area (Å²) < 4.78 is 18.3. The molecule has 4 fully saturated rings. The van der Waals surface area contributed by atoms with Gasteiger partial charge in [-0.1, -0.05) is 95.9 Å². The van der Waals surface area contributed by atoms with E-state index in [9.17, 15) is 4.79 Å². The van der Waals surface area contributed by atoms with Crippen molar-refractivity contribution in [1.82, 2.24) is 0 Å². The average molecular weight is 591 g/mol. The molecule has 1 aromatic carbocycles. The summed E-state index contributed by atoms with van der Waals surface area (Å²) in [5.74, 6) is 4.89. The Morgan fingerprint density at radius 2 is 1.67 bits per heavy atom. The summed E-state index contributed by atoms with van der Waals surface area (Å²) in [5, 5.41) is 0. The fourth-order valence-corrected chi connectivity index (χ4v) is 10.6. The van der Waals surface area contributed by atoms with Crippen LogP contribution in [0.15, 0.2) is 42.0 Å². The Morgan fingerprint density at radius 3 is 2.40 bits per heavy atom. The van der Waals surface area contributed by atoms with Crippen molar-refractivity contribution in [2.24, 2.45) is 51.8 Å². The Kier molecular flexibility index (Phi) is 8.94. The number of hydrogen-bond acceptors (Lipinski definition) is 4. The number of esters is 1. The van der Waals surface area contributed by atoms with Crippen LogP contribution in [-0.4, -0.2) is 25.3 Å². The largest absolute Gasteiger partial charge is 0.461 e. The molecule has 0 aromatic heterocycles. The van der Waals surface area contributed by atoms with Crippen molar-refractivity contribution >= 4 is 5.97 Å². The van der Waals surface area contributed by atoms with E-state index in [-0.39, 0.29) is 17.5 Å². The molecule has 238 valence electrons. The molecule has 1 saturated heterocycles. The normalized spacial score (nSPS) is 41.5. The molecule has 3 saturated carbocycles. The fraction of sp³-hybridized carbons (Fsp3) is 0.769. The van der Waals surface area contributed by atoms with Gasteiger partial charge in [0, 0.05) is 12.0 Å². The van der Waals surface area contributed by atoms with Gasteiger partial charge in [0.1, 0.15) is 11.5 Å². The molecule has 0 radical (unpaired) electrons. The molecule has 43 heavy (non-hydrogen) atoms. The van der Waals surface area contributed by atoms with E-state index in [2.05, 4.69) is 40.7 Å². The molecule has 0 spiro atoms. The first-order valence-corrected chi connectivity index (χ1v) is 17.7. The van der Waals surface area contributed by atoms with Gasteiger partial charge in [0.25, 0.3) is 0 Å². The summed E-state index contributed by atoms with van der Waals surface area (Å²) in [5.41, 5.74) is 2.57. The Labute approximate surface area is 261 Å². The zero-order chi connectivity index (χ0) is 30.4. The van der Waals surface area contributed by atoms with Crippen molar-refractivity contribution in [3.8, 4) is 0 Å². The van der Waals surface area contributed by atoms with Crippen LogP contribution in [0.1, 0.15) is 124 Å². The van der Waals surface area contributed by atoms with Crippen LogP contribution in [-0.2, 0) is 19.0 Å². The number of carbonyl (C=O) groups is 1. The first-order chi connectivity index (χ1) is 20.5. The first-order valence-electron chi connectivity index (χ1n) is 17.7. The molecular weight excluding hydrogens is 532 g/mol. The SMILES string of the molecule is CC(C)CCCC(C)C1CCC2C3CC=C4CC(OC(=O)C5(C)COC(c6ccccc6)OC5)CCC4(C)C3CCC12C. The lowest BCUT2D eigenvalue weighted by Gasteiger charge is -2.58. The fourth-order valence-electron chi connectivity index (χ4n) is 10.6. The Morgan fingerprint density at radius 1 is 0.930 bits per heavy atom. The minimum Gasteiger partial charge on any atom is -0.461 e. The second-order valence-corrected chi connectivity index (χ2v) is 16.5. The Hall–Kier alpha value is -1.65. The van der Waals surface area contributed by atoms with Gasteiger partial charge in [-0.2, -0.15) is 0 Å². The highest BCUT2D eigenvalue weighted by atomic mass is 16.7. The molecule has 4 heteroatoms. The summed E-state index contributed by atoms with van der Waals surface area (Å²) >= 11 is 0. The number of fused-ring (bicyclic) bond motifs is 5. The maximum absolute atomic E-state index is 13.4. The van der Waals surface area contributed by atoms with Crippen LogP contribution in [0, 0.1) is 51.8 Å². The molecule has 4 nitrogen and oxygen atoms in total. The third kappa shape index (κ3) is 5.89. The summed E-state index contributed by atoms with van der Waals surface area (Å²) in [4.78, 5) is 13.4. The van der Waals surface area contributed by atoms with E-state index < -0.39 is 11.7 Å². The lowest BCUT2D eigenvalue weighted by atomic mass is 9.47. The minimum atomic E-state index is -0.767. The van der Waals surface area contributed by atoms with Gasteiger partial charge < -0.3 is 14.2 Å². The lowest BCUT2D eigenvalue weighted by molar-refractivity contribution is -0.238. The van der Waals surface area contributed by atoms with Gasteiger partial charge in [-0.3, -0.25) is 4.79 Å². The van der Waals surface area contributed by atoms with E-state index in [1.165, 1.54) is 51.4 Å². The minimum absolute atomic E-state index is 0.0385. The van der Waals surface area contributed by atoms with E-state index in [1.54, 1.807) is 5.57 Å². The van der Waals surface area contributed by atoms with Gasteiger partial charge in [0.15, 0.2) is 6.29 Å². The van der Waals surface area contributed by atoms with Crippen molar-refractivity contribution in [2.45, 2.75) is 125 Å². The number of rotatable bonds is 8. The highest BCUT2D eigenvalue weighted by Crippen LogP contribution is 2.67. The standard InChI is InChI=1S/C39H58O4/c1-26(2)11-10-12-27(3)32-17-18-33-31-16-15-29-23-30(19-21-38(29,5)34(31)20-22-39(32,33)6)43-36(40)37(4)24-41-35(42-25-37)28-13-8-7-9-14-28/h7-9,13-15,26-27,30-35H,10-12,16-25H2,1-6H3. The van der Waals surface area contributed by atoms with E-state index in [1.807, 2.05) is 37.3 Å². The van der Waals surface area contributed by atoms with Crippen LogP contribution in [0.5, 0.6) is 0 Å². The maximum Gasteiger partial charge on any atom is 0.316 e. The van der Waals surface area contributed by atoms with E-state index in [0.717, 1.165) is 60.3 Å². The van der Waals surface area contributed by atoms with Crippen molar-refractivity contribution in [1.29, 1.82) is 0 Å². The van der Waals surface area contributed by atoms with Gasteiger partial charge in [-0.15, -0.1) is 0 Å². The molecule has 1 heterocycles. The van der Waals surface area contributed by atoms with Crippen molar-refractivity contribution in [3.05, 3.63) is 47.5 Å². The van der Waals surface area contributed by atoms with Crippen molar-refractivity contribution < 1.29 is 19.0 Å². The van der Waals surface area contributed by atoms with E-state index in [4.69, 9.17) is 14.2 Å². The van der Waals surface area contributed by atoms with Crippen molar-refractivity contribution in [3.63, 3.8) is 0 Å². The number of hydrogen-bond donors (Lipinski definition) is 0. The zero-order valence-electron chi connectivity index (χ0n) is 27.9. The Balaban J connectivity index is 1.06. The van der Waals surface area contributed by atoms with Crippen LogP contribution in [0.3, 0.4) is 0 Å². The number of benzene rings is 1. The Bertz CT molecular complexity index is 1150. The molecule has 6 rings (SSSR count). The van der Waals surface area contributed by atoms with E-state index >= 15 is 0 Å². The zero-order valence-corrected chi connectivity index (χ0v) is 27.9. The molecule has 1 aliphatic heterocycles. The van der Waals surface area contributed by atoms with Gasteiger partial charge >= 0.3 is 5.97 Å². The number of carbonyl (C=O) groups excluding carboxylic acids is 1. The summed E-state index contributed by atoms with van der Waals surface area (Å²) in [6.07, 6.45) is 16.2. The lowest BCUT2D eigenvalue weighted by Crippen LogP contribution is -2.51. The molecule has 0 amide bonds. The molecular formula is C39H58O4. The van der Waals surface area contributed by atoms with E-state index in [0.29, 0.717) is 18.6 Å². The second kappa shape index (κ2) is 12.3. The molecule has 5 aliphatic rings. The average Bonchev–Trinajstić information content (AvgIpc) is 3.35. The van der Waals surface area contributed by atoms with Gasteiger partial charge in [0.2, 0.25) is 0 Å². The number of ether oxygens (including phenoxy) is 3. The van der Waals surface area contributed by atoms with Gasteiger partial charge in [0.05, 0.1) is 13.2 Å². The van der Waals surface area contributed by atoms with Crippen molar-refractivity contribution in [2.75, 3.05) is 13.2 Å². The van der Waals surface area contributed by atoms with Crippen LogP contribution < -0.4 is 0 Å². The second-order valence-electron chi connectivity index (χ2n) is 16.5. The predicted octanol–water partition coefficient (Wildman–Crippen LogP) is 9.69. The molecule has 1 aromatic rings. The highest BCUT2D eigenvalue weighted by Gasteiger charge is 2.59. The first kappa shape index (κ1) is 31.3. The molecule has 4 aliphatic carbocycles. The topological polar surface area (TPSA) is 44.8 Å². The molecule has 0 bridgehead atoms. The summed E-state index contributed by atoms with van der Waals surface area (Å²) in [6.45, 7) is 15.1. The predicted molar refractivity (Wildman–Crippen MR) is 172 cm³/mol. The van der Waals surface area contributed by atoms with Crippen LogP contribution in [0.2, 0.25) is 0 Å². The maximum atomic E-state index is 13.4.